The molecule has 0 unspecified atom stereocenters. The molecule has 40 heteroatoms. The number of methoxy groups -OCH3 is 3. The van der Waals surface area contributed by atoms with Crippen LogP contribution in [0.15, 0.2) is 191 Å². The zero-order valence-corrected chi connectivity index (χ0v) is 68.3. The topological polar surface area (TPSA) is 366 Å². The number of carbonyl (C=O) groups is 7. The highest BCUT2D eigenvalue weighted by atomic mass is 79.9. The van der Waals surface area contributed by atoms with E-state index in [1.807, 2.05) is 91.0 Å². The monoisotopic (exact) mass is 1980 g/mol. The van der Waals surface area contributed by atoms with Crippen LogP contribution >= 0.6 is 95.6 Å². The van der Waals surface area contributed by atoms with Crippen molar-refractivity contribution in [1.82, 2.24) is 0 Å². The number of hydrogen-bond acceptors (Lipinski definition) is 18. The van der Waals surface area contributed by atoms with Crippen LogP contribution in [-0.2, 0) is 49.0 Å². The molecule has 0 aliphatic carbocycles. The number of benzene rings is 9. The van der Waals surface area contributed by atoms with Crippen LogP contribution in [0.25, 0.3) is 0 Å². The third-order valence-corrected chi connectivity index (χ3v) is 17.1. The van der Waals surface area contributed by atoms with Gasteiger partial charge in [0.25, 0.3) is 0 Å². The third kappa shape index (κ3) is 33.3. The first-order valence-corrected chi connectivity index (χ1v) is 36.2. The predicted octanol–water partition coefficient (Wildman–Crippen LogP) is 19.3. The standard InChI is InChI=1S/C21H16BrFO3.C14H10BrFO3.C9H8BrFO3.C8H6BrFO3.C7H3BrF2O2.C7H4BrFO3.C5H11NO2.CHF3O3S/c22-18-12-20(25-13-15-7-3-1-4-8-15)17(11-19(18)23)21(24)26-14-16-9-5-2-6-10-16;15-11-7-13(10(14(17)18)6-12(11)16)19-8-9-4-2-1-3-5-9;1-13-8-4-6(10)7(11)3-5(8)9(12)14-2;1-13-7-3-5(9)6(10)2-4(7)8(11)12;8-4-2-5(9)3(7(11)12)1-6(4)10;8-4-2-6(10)3(7(11)12)1-5(4)9;1-5(2,3)4(7)8-6;2-1(3,4)8(5,6)7/h1-12H,13-14H2;1-7H,8H2,(H,17,18);3-4H,1-2H3;2-3H,1H3,(H,11,12);1-2H,(H,11,12);1-2,10H,(H,11,12);6H2,1-3H3;(H,5,6,7). The average molecular weight is 1990 g/mol. The molecule has 112 heavy (non-hydrogen) atoms. The molecule has 0 radical (unpaired) electrons. The Balaban J connectivity index is 0.000000448. The lowest BCUT2D eigenvalue weighted by Crippen LogP contribution is -2.25. The second kappa shape index (κ2) is 47.0. The van der Waals surface area contributed by atoms with Crippen molar-refractivity contribution in [3.05, 3.63) is 281 Å². The second-order valence-electron chi connectivity index (χ2n) is 21.9. The van der Waals surface area contributed by atoms with Gasteiger partial charge in [-0.2, -0.15) is 27.5 Å². The molecule has 0 bridgehead atoms. The van der Waals surface area contributed by atoms with E-state index in [9.17, 15) is 77.5 Å². The van der Waals surface area contributed by atoms with Crippen LogP contribution in [0.1, 0.15) is 99.6 Å². The Kier molecular flexibility index (Phi) is 41.3. The number of halogens is 16. The lowest BCUT2D eigenvalue weighted by Gasteiger charge is -2.13. The third-order valence-electron chi connectivity index (χ3n) is 12.8. The number of esters is 2. The Hall–Kier alpha value is -9.68. The highest BCUT2D eigenvalue weighted by Gasteiger charge is 2.44. The van der Waals surface area contributed by atoms with Gasteiger partial charge >= 0.3 is 57.4 Å². The van der Waals surface area contributed by atoms with E-state index in [4.69, 9.17) is 62.2 Å². The molecule has 0 heterocycles. The Labute approximate surface area is 680 Å². The molecule has 23 nitrogen and oxygen atoms in total. The molecular formula is C72H59Br6F10NO22S. The van der Waals surface area contributed by atoms with Gasteiger partial charge in [-0.15, -0.1) is 0 Å². The molecule has 0 fully saturated rings. The highest BCUT2D eigenvalue weighted by Crippen LogP contribution is 2.33. The Morgan fingerprint density at radius 3 is 0.991 bits per heavy atom. The Bertz CT molecular complexity index is 4800. The maximum atomic E-state index is 13.9. The van der Waals surface area contributed by atoms with E-state index < -0.39 is 120 Å². The van der Waals surface area contributed by atoms with E-state index in [0.717, 1.165) is 59.2 Å². The van der Waals surface area contributed by atoms with Crippen molar-refractivity contribution in [2.45, 2.75) is 46.1 Å². The van der Waals surface area contributed by atoms with E-state index in [1.165, 1.54) is 45.6 Å². The molecular weight excluding hydrogens is 1930 g/mol. The molecule has 9 aromatic rings. The fraction of sp³-hybridized carbons (Fsp3) is 0.153. The van der Waals surface area contributed by atoms with Gasteiger partial charge in [-0.05, 0) is 206 Å². The SMILES string of the molecule is CC(C)(C)C(=O)ON.COC(=O)c1cc(F)c(Br)cc1OC.COc1cc(Br)c(F)cc1C(=O)O.O=C(O)c1cc(F)c(Br)cc1F.O=C(O)c1cc(F)c(Br)cc1O.O=C(O)c1cc(F)c(Br)cc1OCc1ccccc1.O=C(OCc1ccccc1)c1cc(F)c(Br)cc1OCc1ccccc1.O=S(=O)(O)C(F)(F)F. The normalized spacial score (nSPS) is 10.4. The molecule has 0 spiro atoms. The maximum Gasteiger partial charge on any atom is 0.522 e. The van der Waals surface area contributed by atoms with Gasteiger partial charge in [-0.3, -0.25) is 4.55 Å². The fourth-order valence-corrected chi connectivity index (χ4v) is 9.23. The van der Waals surface area contributed by atoms with Crippen molar-refractivity contribution < 1.29 is 149 Å². The molecule has 9 rings (SSSR count). The average Bonchev–Trinajstić information content (AvgIpc) is 0.844. The van der Waals surface area contributed by atoms with Crippen molar-refractivity contribution >= 4 is 147 Å². The lowest BCUT2D eigenvalue weighted by atomic mass is 9.98. The fourth-order valence-electron chi connectivity index (χ4n) is 7.30. The van der Waals surface area contributed by atoms with Gasteiger partial charge in [-0.1, -0.05) is 91.0 Å². The first-order valence-electron chi connectivity index (χ1n) is 30.0. The van der Waals surface area contributed by atoms with Crippen LogP contribution in [0.4, 0.5) is 43.9 Å². The molecule has 0 saturated carbocycles. The number of carbonyl (C=O) groups excluding carboxylic acids is 3. The number of carboxylic acid groups (broad SMARTS) is 4. The molecule has 0 atom stereocenters. The highest BCUT2D eigenvalue weighted by molar-refractivity contribution is 9.11. The minimum absolute atomic E-state index is 0.0324. The predicted molar refractivity (Wildman–Crippen MR) is 403 cm³/mol. The van der Waals surface area contributed by atoms with Gasteiger partial charge in [0.2, 0.25) is 0 Å². The molecule has 8 N–H and O–H groups in total. The minimum Gasteiger partial charge on any atom is -0.507 e. The number of aromatic carboxylic acids is 4. The number of ether oxygens (including phenoxy) is 6. The summed E-state index contributed by atoms with van der Waals surface area (Å²) >= 11 is 17.6. The Morgan fingerprint density at radius 1 is 0.402 bits per heavy atom. The van der Waals surface area contributed by atoms with Crippen molar-refractivity contribution in [2.75, 3.05) is 21.3 Å². The summed E-state index contributed by atoms with van der Waals surface area (Å²) in [5.74, 6) is -6.85. The summed E-state index contributed by atoms with van der Waals surface area (Å²) < 4.78 is 180. The maximum absolute atomic E-state index is 13.9. The van der Waals surface area contributed by atoms with Crippen molar-refractivity contribution in [3.63, 3.8) is 0 Å². The van der Waals surface area contributed by atoms with Crippen LogP contribution in [-0.4, -0.2) is 107 Å². The van der Waals surface area contributed by atoms with Crippen molar-refractivity contribution in [2.24, 2.45) is 11.3 Å². The summed E-state index contributed by atoms with van der Waals surface area (Å²) in [6.45, 7) is 5.80. The first kappa shape index (κ1) is 98.4. The van der Waals surface area contributed by atoms with Crippen molar-refractivity contribution in [1.29, 1.82) is 0 Å². The van der Waals surface area contributed by atoms with E-state index in [0.29, 0.717) is 6.07 Å². The summed E-state index contributed by atoms with van der Waals surface area (Å²) in [4.78, 5) is 80.3. The smallest absolute Gasteiger partial charge is 0.507 e. The number of alkyl halides is 3. The number of carboxylic acids is 4. The summed E-state index contributed by atoms with van der Waals surface area (Å²) in [5, 5.41) is 43.5. The van der Waals surface area contributed by atoms with Crippen LogP contribution in [0.3, 0.4) is 0 Å². The quantitative estimate of drug-likeness (QED) is 0.0118. The molecule has 0 amide bonds. The summed E-state index contributed by atoms with van der Waals surface area (Å²) in [6.07, 6.45) is 0. The lowest BCUT2D eigenvalue weighted by molar-refractivity contribution is -0.153. The number of hydrogen-bond donors (Lipinski definition) is 7. The van der Waals surface area contributed by atoms with Crippen LogP contribution in [0, 0.1) is 46.1 Å². The summed E-state index contributed by atoms with van der Waals surface area (Å²) in [6, 6.07) is 40.7. The van der Waals surface area contributed by atoms with Gasteiger partial charge in [0.05, 0.1) is 59.1 Å². The summed E-state index contributed by atoms with van der Waals surface area (Å²) in [7, 11) is -1.90. The van der Waals surface area contributed by atoms with Gasteiger partial charge in [0, 0.05) is 0 Å². The molecule has 0 saturated heterocycles. The van der Waals surface area contributed by atoms with E-state index in [1.54, 1.807) is 20.8 Å². The van der Waals surface area contributed by atoms with Crippen molar-refractivity contribution in [3.8, 4) is 28.7 Å². The van der Waals surface area contributed by atoms with Crippen LogP contribution in [0.2, 0.25) is 0 Å². The van der Waals surface area contributed by atoms with E-state index in [2.05, 4.69) is 111 Å². The van der Waals surface area contributed by atoms with Gasteiger partial charge in [-0.25, -0.2) is 64.3 Å². The van der Waals surface area contributed by atoms with Gasteiger partial charge in [0.1, 0.15) is 117 Å². The zero-order chi connectivity index (χ0) is 85.3. The van der Waals surface area contributed by atoms with E-state index >= 15 is 0 Å². The van der Waals surface area contributed by atoms with E-state index in [-0.39, 0.29) is 91.9 Å². The minimum atomic E-state index is -5.84. The second-order valence-corrected chi connectivity index (χ2v) is 28.4. The van der Waals surface area contributed by atoms with Gasteiger partial charge in [0.15, 0.2) is 0 Å². The molecule has 0 aromatic heterocycles. The van der Waals surface area contributed by atoms with Gasteiger partial charge < -0.3 is 58.8 Å². The summed E-state index contributed by atoms with van der Waals surface area (Å²) in [5.41, 5.74) is -4.71. The largest absolute Gasteiger partial charge is 0.522 e. The number of aromatic hydroxyl groups is 1. The number of nitrogens with two attached hydrogens (primary N) is 1. The number of phenols is 1. The molecule has 9 aromatic carbocycles. The Morgan fingerprint density at radius 2 is 0.679 bits per heavy atom. The van der Waals surface area contributed by atoms with Crippen LogP contribution < -0.4 is 24.8 Å². The van der Waals surface area contributed by atoms with Crippen LogP contribution in [0.5, 0.6) is 28.7 Å². The number of rotatable bonds is 16. The molecule has 0 aliphatic heterocycles. The first-order chi connectivity index (χ1) is 52.1. The molecule has 602 valence electrons. The molecule has 0 aliphatic rings. The zero-order valence-electron chi connectivity index (χ0n) is 58.0.